The van der Waals surface area contributed by atoms with Crippen LogP contribution in [0.1, 0.15) is 24.0 Å². The zero-order valence-corrected chi connectivity index (χ0v) is 25.1. The first-order valence-corrected chi connectivity index (χ1v) is 15.2. The fourth-order valence-electron chi connectivity index (χ4n) is 5.75. The molecule has 0 bridgehead atoms. The van der Waals surface area contributed by atoms with Gasteiger partial charge in [0, 0.05) is 63.6 Å². The smallest absolute Gasteiger partial charge is 0.182 e. The number of piperidine rings is 1. The van der Waals surface area contributed by atoms with Gasteiger partial charge in [0.15, 0.2) is 5.82 Å². The van der Waals surface area contributed by atoms with Crippen LogP contribution < -0.4 is 20.3 Å². The number of benzene rings is 1. The Balaban J connectivity index is 1.17. The molecule has 222 valence electrons. The van der Waals surface area contributed by atoms with E-state index in [2.05, 4.69) is 80.0 Å². The molecular formula is C32H43N9O. The highest BCUT2D eigenvalue weighted by atomic mass is 16.5. The van der Waals surface area contributed by atoms with Gasteiger partial charge in [0.1, 0.15) is 35.3 Å². The summed E-state index contributed by atoms with van der Waals surface area (Å²) in [5.74, 6) is 3.57. The van der Waals surface area contributed by atoms with Crippen molar-refractivity contribution in [3.63, 3.8) is 0 Å². The molecule has 0 amide bonds. The normalized spacial score (nSPS) is 18.1. The van der Waals surface area contributed by atoms with Crippen LogP contribution in [0.25, 0.3) is 17.2 Å². The molecule has 10 nitrogen and oxygen atoms in total. The summed E-state index contributed by atoms with van der Waals surface area (Å²) < 4.78 is 7.93. The summed E-state index contributed by atoms with van der Waals surface area (Å²) >= 11 is 0. The van der Waals surface area contributed by atoms with E-state index in [1.807, 2.05) is 30.6 Å². The number of hydrogen-bond donors (Lipinski definition) is 2. The molecule has 0 radical (unpaired) electrons. The van der Waals surface area contributed by atoms with E-state index in [9.17, 15) is 0 Å². The Hall–Kier alpha value is -3.73. The summed E-state index contributed by atoms with van der Waals surface area (Å²) in [5, 5.41) is 7.27. The van der Waals surface area contributed by atoms with Gasteiger partial charge in [-0.3, -0.25) is 9.30 Å². The van der Waals surface area contributed by atoms with E-state index in [4.69, 9.17) is 14.7 Å². The molecule has 1 unspecified atom stereocenters. The highest BCUT2D eigenvalue weighted by Gasteiger charge is 2.25. The molecule has 42 heavy (non-hydrogen) atoms. The number of fused-ring (bicyclic) bond motifs is 1. The number of pyridine rings is 1. The number of nitrogens with one attached hydrogen (secondary N) is 2. The summed E-state index contributed by atoms with van der Waals surface area (Å²) in [6, 6.07) is 14.9. The van der Waals surface area contributed by atoms with E-state index < -0.39 is 0 Å². The molecule has 1 atom stereocenters. The zero-order chi connectivity index (χ0) is 28.9. The van der Waals surface area contributed by atoms with Crippen LogP contribution in [0.15, 0.2) is 54.9 Å². The van der Waals surface area contributed by atoms with Crippen LogP contribution in [-0.4, -0.2) is 102 Å². The minimum absolute atomic E-state index is 0.358. The van der Waals surface area contributed by atoms with Crippen molar-refractivity contribution < 1.29 is 4.74 Å². The summed E-state index contributed by atoms with van der Waals surface area (Å²) in [5.41, 5.74) is 4.22. The minimum Gasteiger partial charge on any atom is -0.492 e. The first-order chi connectivity index (χ1) is 20.5. The highest BCUT2D eigenvalue weighted by molar-refractivity contribution is 5.66. The molecule has 2 fully saturated rings. The molecule has 2 aliphatic rings. The van der Waals surface area contributed by atoms with Crippen molar-refractivity contribution in [2.45, 2.75) is 32.4 Å². The third-order valence-corrected chi connectivity index (χ3v) is 8.21. The number of rotatable bonds is 10. The molecule has 4 aromatic rings. The second-order valence-electron chi connectivity index (χ2n) is 11.7. The van der Waals surface area contributed by atoms with Crippen LogP contribution in [0, 0.1) is 6.92 Å². The van der Waals surface area contributed by atoms with E-state index in [1.54, 1.807) is 0 Å². The van der Waals surface area contributed by atoms with Crippen molar-refractivity contribution >= 4 is 17.3 Å². The van der Waals surface area contributed by atoms with Gasteiger partial charge in [-0.2, -0.15) is 0 Å². The molecule has 0 saturated carbocycles. The molecule has 3 aromatic heterocycles. The van der Waals surface area contributed by atoms with Crippen molar-refractivity contribution in [3.05, 3.63) is 66.0 Å². The first kappa shape index (κ1) is 28.4. The summed E-state index contributed by atoms with van der Waals surface area (Å²) in [6.45, 7) is 10.5. The third-order valence-electron chi connectivity index (χ3n) is 8.21. The number of aromatic nitrogens is 4. The van der Waals surface area contributed by atoms with Crippen LogP contribution in [0.2, 0.25) is 0 Å². The standard InChI is InChI=1S/C32H43N9O/c1-24-30(35-26-7-6-13-33-21-26)36-31(28-22-34-29-8-4-5-14-41(28)29)37-32(24)40-17-15-39(16-18-40)23-25-9-11-27(12-10-25)42-20-19-38(2)3/h4-5,8-12,14,22,26,33H,6-7,13,15-21,23H2,1-3H3,(H,35,36,37). The van der Waals surface area contributed by atoms with Crippen LogP contribution >= 0.6 is 0 Å². The monoisotopic (exact) mass is 569 g/mol. The summed E-state index contributed by atoms with van der Waals surface area (Å²) in [4.78, 5) is 21.9. The van der Waals surface area contributed by atoms with E-state index in [0.717, 1.165) is 93.1 Å². The maximum atomic E-state index is 5.87. The minimum atomic E-state index is 0.358. The van der Waals surface area contributed by atoms with Crippen LogP contribution in [0.4, 0.5) is 11.6 Å². The first-order valence-electron chi connectivity index (χ1n) is 15.2. The number of anilines is 2. The lowest BCUT2D eigenvalue weighted by molar-refractivity contribution is 0.248. The fraction of sp³-hybridized carbons (Fsp3) is 0.469. The van der Waals surface area contributed by atoms with Crippen molar-refractivity contribution in [2.24, 2.45) is 0 Å². The van der Waals surface area contributed by atoms with Gasteiger partial charge in [-0.15, -0.1) is 0 Å². The lowest BCUT2D eigenvalue weighted by Crippen LogP contribution is -2.46. The Labute approximate surface area is 248 Å². The third kappa shape index (κ3) is 6.67. The van der Waals surface area contributed by atoms with E-state index >= 15 is 0 Å². The van der Waals surface area contributed by atoms with Gasteiger partial charge in [0.05, 0.1) is 6.20 Å². The fourth-order valence-corrected chi connectivity index (χ4v) is 5.75. The molecule has 5 heterocycles. The Kier molecular flexibility index (Phi) is 8.83. The van der Waals surface area contributed by atoms with Gasteiger partial charge in [0.2, 0.25) is 0 Å². The van der Waals surface area contributed by atoms with E-state index in [-0.39, 0.29) is 0 Å². The van der Waals surface area contributed by atoms with Crippen molar-refractivity contribution in [3.8, 4) is 17.3 Å². The Morgan fingerprint density at radius 2 is 1.88 bits per heavy atom. The van der Waals surface area contributed by atoms with Crippen molar-refractivity contribution in [1.82, 2.24) is 34.5 Å². The largest absolute Gasteiger partial charge is 0.492 e. The summed E-state index contributed by atoms with van der Waals surface area (Å²) in [6.07, 6.45) is 6.22. The van der Waals surface area contributed by atoms with Crippen LogP contribution in [0.5, 0.6) is 5.75 Å². The number of piperazine rings is 1. The average Bonchev–Trinajstić information content (AvgIpc) is 3.44. The van der Waals surface area contributed by atoms with Gasteiger partial charge < -0.3 is 25.2 Å². The quantitative estimate of drug-likeness (QED) is 0.298. The maximum absolute atomic E-state index is 5.87. The highest BCUT2D eigenvalue weighted by Crippen LogP contribution is 2.30. The Bertz CT molecular complexity index is 1450. The number of nitrogens with zero attached hydrogens (tertiary/aromatic N) is 7. The Morgan fingerprint density at radius 3 is 2.64 bits per heavy atom. The number of hydrogen-bond acceptors (Lipinski definition) is 9. The SMILES string of the molecule is Cc1c(NC2CCCNC2)nc(-c2cnc3ccccn23)nc1N1CCN(Cc2ccc(OCCN(C)C)cc2)CC1. The zero-order valence-electron chi connectivity index (χ0n) is 25.1. The maximum Gasteiger partial charge on any atom is 0.182 e. The topological polar surface area (TPSA) is 86.1 Å². The van der Waals surface area contributed by atoms with E-state index in [1.165, 1.54) is 12.0 Å². The lowest BCUT2D eigenvalue weighted by Gasteiger charge is -2.36. The van der Waals surface area contributed by atoms with E-state index in [0.29, 0.717) is 18.5 Å². The molecule has 6 rings (SSSR count). The molecule has 2 saturated heterocycles. The predicted molar refractivity (Wildman–Crippen MR) is 168 cm³/mol. The van der Waals surface area contributed by atoms with Crippen molar-refractivity contribution in [1.29, 1.82) is 0 Å². The predicted octanol–water partition coefficient (Wildman–Crippen LogP) is 3.53. The average molecular weight is 570 g/mol. The Morgan fingerprint density at radius 1 is 1.05 bits per heavy atom. The molecule has 0 aliphatic carbocycles. The second kappa shape index (κ2) is 13.1. The molecule has 2 aliphatic heterocycles. The number of ether oxygens (including phenoxy) is 1. The van der Waals surface area contributed by atoms with Crippen LogP contribution in [-0.2, 0) is 6.54 Å². The van der Waals surface area contributed by atoms with Crippen LogP contribution in [0.3, 0.4) is 0 Å². The lowest BCUT2D eigenvalue weighted by atomic mass is 10.1. The van der Waals surface area contributed by atoms with Crippen molar-refractivity contribution in [2.75, 3.05) is 76.7 Å². The van der Waals surface area contributed by atoms with Gasteiger partial charge >= 0.3 is 0 Å². The molecule has 1 aromatic carbocycles. The van der Waals surface area contributed by atoms with Gasteiger partial charge in [-0.05, 0) is 70.2 Å². The molecule has 2 N–H and O–H groups in total. The van der Waals surface area contributed by atoms with Gasteiger partial charge in [-0.25, -0.2) is 15.0 Å². The molecule has 10 heteroatoms. The number of imidazole rings is 1. The second-order valence-corrected chi connectivity index (χ2v) is 11.7. The van der Waals surface area contributed by atoms with Gasteiger partial charge in [0.25, 0.3) is 0 Å². The van der Waals surface area contributed by atoms with Gasteiger partial charge in [-0.1, -0.05) is 18.2 Å². The molecule has 0 spiro atoms. The number of likely N-dealkylation sites (N-methyl/N-ethyl adjacent to an activating group) is 1. The molecular weight excluding hydrogens is 526 g/mol. The summed E-state index contributed by atoms with van der Waals surface area (Å²) in [7, 11) is 4.12.